The van der Waals surface area contributed by atoms with Crippen LogP contribution in [0.1, 0.15) is 83.1 Å². The molecule has 54 heavy (non-hydrogen) atoms. The van der Waals surface area contributed by atoms with Gasteiger partial charge in [0.25, 0.3) is 0 Å². The molecule has 0 aromatic carbocycles. The summed E-state index contributed by atoms with van der Waals surface area (Å²) in [6.45, 7) is 27.2. The molecule has 326 valence electrons. The van der Waals surface area contributed by atoms with Crippen LogP contribution in [0.2, 0.25) is 0 Å². The van der Waals surface area contributed by atoms with Crippen molar-refractivity contribution in [2.45, 2.75) is 116 Å². The summed E-state index contributed by atoms with van der Waals surface area (Å²) in [5.41, 5.74) is -12.6. The summed E-state index contributed by atoms with van der Waals surface area (Å²) in [7, 11) is -12.2. The van der Waals surface area contributed by atoms with Crippen molar-refractivity contribution in [3.63, 3.8) is 0 Å². The molecule has 4 rings (SSSR count). The van der Waals surface area contributed by atoms with Crippen molar-refractivity contribution >= 4 is 43.8 Å². The molecule has 0 bridgehead atoms. The SMILES string of the molecule is CC1(C)COC(C(C)(C)C2=NC(C)(C)CO2)=N1.CC1(C)COC(C(C)(C)C2=NC(C)(C)CO2)=N1.O=S(=O)([O-])C(F)(F)F.O=S(=O)([O-])C(F)(F)F.[Cu+2].[Cu+2].[OH-].[OH-]. The molecule has 4 aliphatic heterocycles. The fourth-order valence-corrected chi connectivity index (χ4v) is 3.80. The molecule has 0 spiro atoms. The van der Waals surface area contributed by atoms with Gasteiger partial charge in [0, 0.05) is 0 Å². The van der Waals surface area contributed by atoms with Gasteiger partial charge in [-0.05, 0) is 83.1 Å². The Morgan fingerprint density at radius 3 is 0.685 bits per heavy atom. The van der Waals surface area contributed by atoms with Gasteiger partial charge in [0.1, 0.15) is 37.3 Å². The minimum absolute atomic E-state index is 0. The van der Waals surface area contributed by atoms with Gasteiger partial charge < -0.3 is 39.0 Å². The van der Waals surface area contributed by atoms with Crippen LogP contribution >= 0.6 is 0 Å². The summed E-state index contributed by atoms with van der Waals surface area (Å²) in [6.07, 6.45) is 0. The van der Waals surface area contributed by atoms with Gasteiger partial charge >= 0.3 is 45.2 Å². The molecule has 0 fully saturated rings. The average molecular weight is 936 g/mol. The van der Waals surface area contributed by atoms with E-state index in [9.17, 15) is 26.3 Å². The molecule has 0 saturated heterocycles. The number of alkyl halides is 6. The number of aliphatic imine (C=N–C) groups is 4. The van der Waals surface area contributed by atoms with Crippen molar-refractivity contribution < 1.29 is 116 Å². The monoisotopic (exact) mass is 934 g/mol. The first-order valence-corrected chi connectivity index (χ1v) is 17.5. The van der Waals surface area contributed by atoms with E-state index in [2.05, 4.69) is 75.4 Å². The molecule has 0 amide bonds. The first-order valence-electron chi connectivity index (χ1n) is 14.7. The maximum Gasteiger partial charge on any atom is 2.00 e. The standard InChI is InChI=1S/2C13H22N2O2.2CHF3O3S.2Cu.2H2O/c2*1-11(2)7-16-9(14-11)13(5,6)10-15-12(3,4)8-17-10;2*2-1(3,4)8(5,6)7;;;;/h2*7-8H2,1-6H3;2*(H,5,6,7);;;2*1H2/q;;;;2*+2;;/p-4. The number of ether oxygens (including phenoxy) is 4. The Bertz CT molecular complexity index is 1420. The van der Waals surface area contributed by atoms with E-state index in [1.165, 1.54) is 0 Å². The van der Waals surface area contributed by atoms with Crippen LogP contribution in [0.4, 0.5) is 26.3 Å². The number of rotatable bonds is 4. The van der Waals surface area contributed by atoms with E-state index in [1.54, 1.807) is 0 Å². The topological polar surface area (TPSA) is 261 Å². The summed E-state index contributed by atoms with van der Waals surface area (Å²) >= 11 is 0. The second-order valence-electron chi connectivity index (χ2n) is 15.1. The van der Waals surface area contributed by atoms with E-state index in [0.29, 0.717) is 26.4 Å². The third-order valence-electron chi connectivity index (χ3n) is 6.57. The van der Waals surface area contributed by atoms with Crippen LogP contribution < -0.4 is 0 Å². The Hall–Kier alpha value is -1.76. The van der Waals surface area contributed by atoms with Gasteiger partial charge in [0.15, 0.2) is 43.8 Å². The Balaban J connectivity index is -0.000000319. The van der Waals surface area contributed by atoms with Crippen LogP contribution in [0.25, 0.3) is 0 Å². The Morgan fingerprint density at radius 1 is 0.481 bits per heavy atom. The number of halogens is 6. The van der Waals surface area contributed by atoms with Gasteiger partial charge in [0.05, 0.1) is 22.2 Å². The summed E-state index contributed by atoms with van der Waals surface area (Å²) in [5, 5.41) is 0. The molecule has 0 aromatic rings. The third kappa shape index (κ3) is 17.2. The molecule has 2 N–H and O–H groups in total. The average Bonchev–Trinajstić information content (AvgIpc) is 3.63. The van der Waals surface area contributed by atoms with Crippen LogP contribution in [0.15, 0.2) is 20.0 Å². The second-order valence-corrected chi connectivity index (χ2v) is 17.9. The van der Waals surface area contributed by atoms with E-state index in [-0.39, 0.29) is 78.1 Å². The van der Waals surface area contributed by atoms with E-state index in [4.69, 9.17) is 44.9 Å². The molecule has 0 unspecified atom stereocenters. The predicted octanol–water partition coefficient (Wildman–Crippen LogP) is 4.60. The minimum Gasteiger partial charge on any atom is -0.870 e. The summed E-state index contributed by atoms with van der Waals surface area (Å²) in [5.74, 6) is 2.94. The summed E-state index contributed by atoms with van der Waals surface area (Å²) in [4.78, 5) is 18.5. The van der Waals surface area contributed by atoms with Gasteiger partial charge in [-0.25, -0.2) is 36.8 Å². The first kappa shape index (κ1) is 58.9. The summed E-state index contributed by atoms with van der Waals surface area (Å²) in [6, 6.07) is 0. The van der Waals surface area contributed by atoms with Gasteiger partial charge in [0.2, 0.25) is 0 Å². The van der Waals surface area contributed by atoms with Crippen molar-refractivity contribution in [3.05, 3.63) is 0 Å². The van der Waals surface area contributed by atoms with E-state index < -0.39 is 31.3 Å². The molecule has 0 atom stereocenters. The molecule has 26 heteroatoms. The summed E-state index contributed by atoms with van der Waals surface area (Å²) < 4.78 is 141. The number of hydrogen-bond donors (Lipinski definition) is 0. The number of nitrogens with zero attached hydrogens (tertiary/aromatic N) is 4. The normalized spacial score (nSPS) is 20.5. The fourth-order valence-electron chi connectivity index (χ4n) is 3.80. The molecule has 2 radical (unpaired) electrons. The number of hydrogen-bond acceptors (Lipinski definition) is 16. The fraction of sp³-hybridized carbons (Fsp3) is 0.857. The Morgan fingerprint density at radius 2 is 0.611 bits per heavy atom. The van der Waals surface area contributed by atoms with E-state index in [0.717, 1.165) is 23.6 Å². The van der Waals surface area contributed by atoms with Gasteiger partial charge in [-0.1, -0.05) is 0 Å². The zero-order chi connectivity index (χ0) is 39.8. The molecule has 4 heterocycles. The zero-order valence-corrected chi connectivity index (χ0v) is 34.8. The van der Waals surface area contributed by atoms with Crippen LogP contribution in [0.5, 0.6) is 0 Å². The van der Waals surface area contributed by atoms with Crippen molar-refractivity contribution in [1.82, 2.24) is 0 Å². The molecular weight excluding hydrogens is 890 g/mol. The maximum absolute atomic E-state index is 10.7. The second kappa shape index (κ2) is 19.1. The smallest absolute Gasteiger partial charge is 0.870 e. The van der Waals surface area contributed by atoms with Crippen LogP contribution in [0, 0.1) is 10.8 Å². The predicted molar refractivity (Wildman–Crippen MR) is 173 cm³/mol. The van der Waals surface area contributed by atoms with Crippen molar-refractivity contribution in [3.8, 4) is 0 Å². The molecule has 4 aliphatic rings. The van der Waals surface area contributed by atoms with Crippen molar-refractivity contribution in [1.29, 1.82) is 0 Å². The van der Waals surface area contributed by atoms with Gasteiger partial charge in [-0.3, -0.25) is 0 Å². The molecule has 0 aromatic heterocycles. The van der Waals surface area contributed by atoms with Crippen LogP contribution in [-0.4, -0.2) is 120 Å². The van der Waals surface area contributed by atoms with Crippen molar-refractivity contribution in [2.75, 3.05) is 26.4 Å². The van der Waals surface area contributed by atoms with E-state index >= 15 is 0 Å². The van der Waals surface area contributed by atoms with Crippen LogP contribution in [0.3, 0.4) is 0 Å². The Labute approximate surface area is 332 Å². The zero-order valence-electron chi connectivity index (χ0n) is 31.3. The molecular formula is C28H46Cu2F6N4O12S2. The first-order chi connectivity index (χ1) is 21.7. The molecule has 0 saturated carbocycles. The van der Waals surface area contributed by atoms with E-state index in [1.807, 2.05) is 27.7 Å². The van der Waals surface area contributed by atoms with Gasteiger partial charge in [-0.2, -0.15) is 26.3 Å². The molecule has 0 aliphatic carbocycles. The maximum atomic E-state index is 10.7. The van der Waals surface area contributed by atoms with Crippen LogP contribution in [-0.2, 0) is 73.3 Å². The molecule has 16 nitrogen and oxygen atoms in total. The third-order valence-corrected chi connectivity index (χ3v) is 7.70. The largest absolute Gasteiger partial charge is 2.00 e. The van der Waals surface area contributed by atoms with Gasteiger partial charge in [-0.15, -0.1) is 0 Å². The Kier molecular flexibility index (Phi) is 20.9. The minimum atomic E-state index is -6.09. The quantitative estimate of drug-likeness (QED) is 0.162. The van der Waals surface area contributed by atoms with Crippen molar-refractivity contribution in [2.24, 2.45) is 30.8 Å².